The zero-order chi connectivity index (χ0) is 11.6. The normalized spacial score (nSPS) is 20.9. The van der Waals surface area contributed by atoms with E-state index >= 15 is 0 Å². The first-order valence-electron chi connectivity index (χ1n) is 5.63. The van der Waals surface area contributed by atoms with Crippen LogP contribution in [0.3, 0.4) is 0 Å². The van der Waals surface area contributed by atoms with Crippen LogP contribution >= 0.6 is 11.8 Å². The molecule has 4 heteroatoms. The van der Waals surface area contributed by atoms with Gasteiger partial charge in [-0.05, 0) is 26.0 Å². The first-order valence-corrected chi connectivity index (χ1v) is 6.61. The number of aromatic nitrogens is 1. The van der Waals surface area contributed by atoms with E-state index in [0.717, 1.165) is 25.3 Å². The minimum atomic E-state index is 0.360. The Kier molecular flexibility index (Phi) is 3.40. The number of nitrogens with zero attached hydrogens (tertiary/aromatic N) is 2. The maximum Gasteiger partial charge on any atom is 0.123 e. The summed E-state index contributed by atoms with van der Waals surface area (Å²) >= 11 is 2.05. The van der Waals surface area contributed by atoms with Crippen molar-refractivity contribution in [3.63, 3.8) is 0 Å². The van der Waals surface area contributed by atoms with Crippen LogP contribution in [-0.2, 0) is 6.54 Å². The van der Waals surface area contributed by atoms with E-state index in [-0.39, 0.29) is 0 Å². The highest BCUT2D eigenvalue weighted by Crippen LogP contribution is 2.29. The molecule has 1 saturated heterocycles. The molecule has 0 unspecified atom stereocenters. The Labute approximate surface area is 101 Å². The van der Waals surface area contributed by atoms with Crippen molar-refractivity contribution >= 4 is 17.6 Å². The molecule has 0 spiro atoms. The van der Waals surface area contributed by atoms with Crippen molar-refractivity contribution in [2.24, 2.45) is 0 Å². The lowest BCUT2D eigenvalue weighted by atomic mass is 10.2. The second-order valence-electron chi connectivity index (χ2n) is 4.87. The summed E-state index contributed by atoms with van der Waals surface area (Å²) in [5.41, 5.74) is 6.76. The van der Waals surface area contributed by atoms with Crippen LogP contribution in [0.4, 0.5) is 5.82 Å². The number of pyridine rings is 1. The van der Waals surface area contributed by atoms with E-state index in [1.54, 1.807) is 0 Å². The standard InChI is InChI=1S/C12H19N3S/c1-12(2)9-15(6-7-16-12)8-10-4-3-5-11(13)14-10/h3-5H,6-9H2,1-2H3,(H2,13,14). The van der Waals surface area contributed by atoms with Gasteiger partial charge in [0.25, 0.3) is 0 Å². The molecule has 1 aliphatic rings. The van der Waals surface area contributed by atoms with Crippen LogP contribution in [0.25, 0.3) is 0 Å². The molecule has 16 heavy (non-hydrogen) atoms. The Balaban J connectivity index is 1.99. The number of hydrogen-bond donors (Lipinski definition) is 1. The number of hydrogen-bond acceptors (Lipinski definition) is 4. The molecule has 2 heterocycles. The predicted octanol–water partition coefficient (Wildman–Crippen LogP) is 1.99. The summed E-state index contributed by atoms with van der Waals surface area (Å²) in [4.78, 5) is 6.80. The molecule has 0 aromatic carbocycles. The van der Waals surface area contributed by atoms with Crippen molar-refractivity contribution in [1.29, 1.82) is 0 Å². The first-order chi connectivity index (χ1) is 7.55. The van der Waals surface area contributed by atoms with Crippen LogP contribution in [0.5, 0.6) is 0 Å². The van der Waals surface area contributed by atoms with Crippen LogP contribution in [0.15, 0.2) is 18.2 Å². The summed E-state index contributed by atoms with van der Waals surface area (Å²) in [6.45, 7) is 7.78. The minimum Gasteiger partial charge on any atom is -0.384 e. The fourth-order valence-corrected chi connectivity index (χ4v) is 3.24. The summed E-state index contributed by atoms with van der Waals surface area (Å²) in [6.07, 6.45) is 0. The van der Waals surface area contributed by atoms with Crippen LogP contribution in [0, 0.1) is 0 Å². The number of anilines is 1. The van der Waals surface area contributed by atoms with Crippen molar-refractivity contribution in [3.8, 4) is 0 Å². The summed E-state index contributed by atoms with van der Waals surface area (Å²) in [5, 5.41) is 0. The molecule has 0 bridgehead atoms. The number of rotatable bonds is 2. The highest BCUT2D eigenvalue weighted by atomic mass is 32.2. The average Bonchev–Trinajstić information content (AvgIpc) is 2.15. The zero-order valence-electron chi connectivity index (χ0n) is 9.94. The summed E-state index contributed by atoms with van der Waals surface area (Å²) in [5.74, 6) is 1.82. The Hall–Kier alpha value is -0.740. The molecule has 0 radical (unpaired) electrons. The van der Waals surface area contributed by atoms with E-state index in [1.165, 1.54) is 5.75 Å². The van der Waals surface area contributed by atoms with Gasteiger partial charge in [0, 0.05) is 30.1 Å². The maximum absolute atomic E-state index is 5.68. The van der Waals surface area contributed by atoms with E-state index < -0.39 is 0 Å². The van der Waals surface area contributed by atoms with Gasteiger partial charge in [0.05, 0.1) is 5.69 Å². The lowest BCUT2D eigenvalue weighted by Gasteiger charge is -2.37. The quantitative estimate of drug-likeness (QED) is 0.854. The lowest BCUT2D eigenvalue weighted by Crippen LogP contribution is -2.42. The van der Waals surface area contributed by atoms with Crippen molar-refractivity contribution in [2.45, 2.75) is 25.1 Å². The Morgan fingerprint density at radius 3 is 3.00 bits per heavy atom. The van der Waals surface area contributed by atoms with Gasteiger partial charge >= 0.3 is 0 Å². The molecule has 2 rings (SSSR count). The number of nitrogens with two attached hydrogens (primary N) is 1. The highest BCUT2D eigenvalue weighted by molar-refractivity contribution is 8.00. The van der Waals surface area contributed by atoms with Crippen LogP contribution in [0.1, 0.15) is 19.5 Å². The largest absolute Gasteiger partial charge is 0.384 e. The molecule has 3 nitrogen and oxygen atoms in total. The summed E-state index contributed by atoms with van der Waals surface area (Å²) in [7, 11) is 0. The van der Waals surface area contributed by atoms with Gasteiger partial charge in [-0.1, -0.05) is 6.07 Å². The Morgan fingerprint density at radius 2 is 2.31 bits per heavy atom. The van der Waals surface area contributed by atoms with Gasteiger partial charge in [0.15, 0.2) is 0 Å². The van der Waals surface area contributed by atoms with E-state index in [4.69, 9.17) is 5.73 Å². The Bertz CT molecular complexity index is 365. The zero-order valence-corrected chi connectivity index (χ0v) is 10.8. The van der Waals surface area contributed by atoms with Crippen LogP contribution in [-0.4, -0.2) is 33.5 Å². The molecule has 0 atom stereocenters. The maximum atomic E-state index is 5.68. The van der Waals surface area contributed by atoms with Crippen molar-refractivity contribution < 1.29 is 0 Å². The minimum absolute atomic E-state index is 0.360. The van der Waals surface area contributed by atoms with E-state index in [0.29, 0.717) is 10.6 Å². The van der Waals surface area contributed by atoms with Gasteiger partial charge in [-0.15, -0.1) is 0 Å². The van der Waals surface area contributed by atoms with Crippen molar-refractivity contribution in [3.05, 3.63) is 23.9 Å². The molecular formula is C12H19N3S. The third-order valence-electron chi connectivity index (χ3n) is 2.72. The molecule has 0 amide bonds. The smallest absolute Gasteiger partial charge is 0.123 e. The van der Waals surface area contributed by atoms with E-state index in [2.05, 4.69) is 35.5 Å². The SMILES string of the molecule is CC1(C)CN(Cc2cccc(N)n2)CCS1. The third-order valence-corrected chi connectivity index (χ3v) is 4.02. The monoisotopic (exact) mass is 237 g/mol. The second-order valence-corrected chi connectivity index (χ2v) is 6.67. The van der Waals surface area contributed by atoms with Gasteiger partial charge in [0.2, 0.25) is 0 Å². The van der Waals surface area contributed by atoms with Gasteiger partial charge in [-0.25, -0.2) is 4.98 Å². The lowest BCUT2D eigenvalue weighted by molar-refractivity contribution is 0.250. The molecule has 1 aliphatic heterocycles. The number of nitrogen functional groups attached to an aromatic ring is 1. The Morgan fingerprint density at radius 1 is 1.50 bits per heavy atom. The third kappa shape index (κ3) is 3.12. The van der Waals surface area contributed by atoms with Gasteiger partial charge in [-0.3, -0.25) is 4.90 Å². The molecule has 1 aromatic rings. The molecule has 88 valence electrons. The second kappa shape index (κ2) is 4.63. The fourth-order valence-electron chi connectivity index (χ4n) is 2.06. The van der Waals surface area contributed by atoms with Crippen LogP contribution in [0.2, 0.25) is 0 Å². The average molecular weight is 237 g/mol. The number of thioether (sulfide) groups is 1. The fraction of sp³-hybridized carbons (Fsp3) is 0.583. The predicted molar refractivity (Wildman–Crippen MR) is 70.5 cm³/mol. The summed E-state index contributed by atoms with van der Waals surface area (Å²) in [6, 6.07) is 5.85. The van der Waals surface area contributed by atoms with E-state index in [9.17, 15) is 0 Å². The van der Waals surface area contributed by atoms with Gasteiger partial charge in [-0.2, -0.15) is 11.8 Å². The first kappa shape index (κ1) is 11.7. The van der Waals surface area contributed by atoms with Crippen LogP contribution < -0.4 is 5.73 Å². The highest BCUT2D eigenvalue weighted by Gasteiger charge is 2.26. The molecule has 0 saturated carbocycles. The van der Waals surface area contributed by atoms with E-state index in [1.807, 2.05) is 18.2 Å². The van der Waals surface area contributed by atoms with Gasteiger partial charge < -0.3 is 5.73 Å². The van der Waals surface area contributed by atoms with Gasteiger partial charge in [0.1, 0.15) is 5.82 Å². The summed E-state index contributed by atoms with van der Waals surface area (Å²) < 4.78 is 0.360. The topological polar surface area (TPSA) is 42.1 Å². The molecule has 0 aliphatic carbocycles. The molecular weight excluding hydrogens is 218 g/mol. The van der Waals surface area contributed by atoms with Crippen molar-refractivity contribution in [2.75, 3.05) is 24.6 Å². The molecule has 2 N–H and O–H groups in total. The molecule has 1 aromatic heterocycles. The van der Waals surface area contributed by atoms with Crippen molar-refractivity contribution in [1.82, 2.24) is 9.88 Å². The molecule has 1 fully saturated rings.